The zero-order valence-corrected chi connectivity index (χ0v) is 19.3. The van der Waals surface area contributed by atoms with Gasteiger partial charge in [0, 0.05) is 11.5 Å². The molecular weight excluding hydrogens is 407 g/mol. The number of rotatable bonds is 11. The Kier molecular flexibility index (Phi) is 9.69. The van der Waals surface area contributed by atoms with Gasteiger partial charge >= 0.3 is 5.97 Å². The van der Waals surface area contributed by atoms with E-state index in [1.165, 1.54) is 37.3 Å². The van der Waals surface area contributed by atoms with E-state index in [2.05, 4.69) is 13.8 Å². The van der Waals surface area contributed by atoms with Crippen molar-refractivity contribution in [2.24, 2.45) is 5.92 Å². The van der Waals surface area contributed by atoms with Gasteiger partial charge in [0.25, 0.3) is 0 Å². The molecule has 0 unspecified atom stereocenters. The topological polar surface area (TPSA) is 44.8 Å². The number of hydrogen-bond acceptors (Lipinski definition) is 4. The summed E-state index contributed by atoms with van der Waals surface area (Å²) in [5.41, 5.74) is 1.68. The van der Waals surface area contributed by atoms with Gasteiger partial charge in [-0.25, -0.2) is 9.18 Å². The van der Waals surface area contributed by atoms with Crippen molar-refractivity contribution in [3.8, 4) is 5.75 Å². The van der Waals surface area contributed by atoms with Crippen LogP contribution in [0.5, 0.6) is 5.75 Å². The average Bonchev–Trinajstić information content (AvgIpc) is 2.82. The number of ether oxygens (including phenoxy) is 3. The third-order valence-corrected chi connectivity index (χ3v) is 5.88. The Morgan fingerprint density at radius 3 is 2.34 bits per heavy atom. The third kappa shape index (κ3) is 7.14. The molecule has 0 aliphatic carbocycles. The predicted molar refractivity (Wildman–Crippen MR) is 123 cm³/mol. The van der Waals surface area contributed by atoms with Gasteiger partial charge in [-0.3, -0.25) is 0 Å². The van der Waals surface area contributed by atoms with E-state index < -0.39 is 18.1 Å². The Balaban J connectivity index is 1.52. The number of carbonyl (C=O) groups is 1. The van der Waals surface area contributed by atoms with Crippen LogP contribution in [0.1, 0.15) is 86.6 Å². The van der Waals surface area contributed by atoms with Gasteiger partial charge in [0.1, 0.15) is 11.6 Å². The SMILES string of the molecule is CCCCCCC1COC(c2ccc(C(=O)Oc3ccc(CCCC)cc3)cc2F)OC1. The average molecular weight is 443 g/mol. The van der Waals surface area contributed by atoms with Crippen LogP contribution in [-0.2, 0) is 15.9 Å². The van der Waals surface area contributed by atoms with Gasteiger partial charge in [-0.1, -0.05) is 64.2 Å². The number of carbonyl (C=O) groups excluding carboxylic acids is 1. The molecule has 0 aromatic heterocycles. The standard InChI is InChI=1S/C27H35FO4/c1-3-5-7-8-10-21-18-30-27(31-19-21)24-16-13-22(17-25(24)28)26(29)32-23-14-11-20(12-15-23)9-6-4-2/h11-17,21,27H,3-10,18-19H2,1-2H3. The minimum atomic E-state index is -0.734. The van der Waals surface area contributed by atoms with Gasteiger partial charge in [-0.2, -0.15) is 0 Å². The van der Waals surface area contributed by atoms with Crippen molar-refractivity contribution in [1.82, 2.24) is 0 Å². The molecular formula is C27H35FO4. The Bertz CT molecular complexity index is 841. The first-order valence-corrected chi connectivity index (χ1v) is 11.9. The molecule has 1 aliphatic rings. The van der Waals surface area contributed by atoms with Gasteiger partial charge in [-0.15, -0.1) is 0 Å². The van der Waals surface area contributed by atoms with Crippen molar-refractivity contribution in [3.63, 3.8) is 0 Å². The Hall–Kier alpha value is -2.24. The number of benzene rings is 2. The zero-order valence-electron chi connectivity index (χ0n) is 19.3. The summed E-state index contributed by atoms with van der Waals surface area (Å²) >= 11 is 0. The molecule has 2 aromatic carbocycles. The van der Waals surface area contributed by atoms with Crippen molar-refractivity contribution in [2.75, 3.05) is 13.2 Å². The fourth-order valence-electron chi connectivity index (χ4n) is 3.87. The molecule has 0 amide bonds. The van der Waals surface area contributed by atoms with Gasteiger partial charge in [0.2, 0.25) is 0 Å². The molecule has 5 heteroatoms. The van der Waals surface area contributed by atoms with Crippen LogP contribution in [0.2, 0.25) is 0 Å². The Morgan fingerprint density at radius 1 is 0.969 bits per heavy atom. The smallest absolute Gasteiger partial charge is 0.343 e. The molecule has 1 aliphatic heterocycles. The molecule has 2 aromatic rings. The number of halogens is 1. The molecule has 1 saturated heterocycles. The summed E-state index contributed by atoms with van der Waals surface area (Å²) < 4.78 is 31.7. The Morgan fingerprint density at radius 2 is 1.69 bits per heavy atom. The van der Waals surface area contributed by atoms with E-state index in [4.69, 9.17) is 14.2 Å². The molecule has 0 bridgehead atoms. The maximum Gasteiger partial charge on any atom is 0.343 e. The van der Waals surface area contributed by atoms with Crippen molar-refractivity contribution in [1.29, 1.82) is 0 Å². The van der Waals surface area contributed by atoms with E-state index >= 15 is 0 Å². The van der Waals surface area contributed by atoms with Crippen LogP contribution in [0.3, 0.4) is 0 Å². The highest BCUT2D eigenvalue weighted by Crippen LogP contribution is 2.29. The highest BCUT2D eigenvalue weighted by atomic mass is 19.1. The molecule has 32 heavy (non-hydrogen) atoms. The van der Waals surface area contributed by atoms with Crippen LogP contribution >= 0.6 is 0 Å². The molecule has 1 fully saturated rings. The van der Waals surface area contributed by atoms with Crippen molar-refractivity contribution < 1.29 is 23.4 Å². The second kappa shape index (κ2) is 12.7. The molecule has 0 spiro atoms. The van der Waals surface area contributed by atoms with E-state index in [1.807, 2.05) is 12.1 Å². The maximum absolute atomic E-state index is 14.7. The molecule has 0 atom stereocenters. The summed E-state index contributed by atoms with van der Waals surface area (Å²) in [4.78, 5) is 12.4. The van der Waals surface area contributed by atoms with Crippen LogP contribution in [0.25, 0.3) is 0 Å². The molecule has 1 heterocycles. The second-order valence-electron chi connectivity index (χ2n) is 8.59. The summed E-state index contributed by atoms with van der Waals surface area (Å²) in [5.74, 6) is -0.312. The quantitative estimate of drug-likeness (QED) is 0.213. The number of esters is 1. The molecule has 4 nitrogen and oxygen atoms in total. The predicted octanol–water partition coefficient (Wildman–Crippen LogP) is 7.02. The number of hydrogen-bond donors (Lipinski definition) is 0. The molecule has 174 valence electrons. The summed E-state index contributed by atoms with van der Waals surface area (Å²) in [5, 5.41) is 0. The fourth-order valence-corrected chi connectivity index (χ4v) is 3.87. The van der Waals surface area contributed by atoms with Crippen LogP contribution in [0.15, 0.2) is 42.5 Å². The Labute approximate surface area is 191 Å². The van der Waals surface area contributed by atoms with E-state index in [0.29, 0.717) is 30.4 Å². The van der Waals surface area contributed by atoms with Crippen LogP contribution in [0, 0.1) is 11.7 Å². The summed E-state index contributed by atoms with van der Waals surface area (Å²) in [6.45, 7) is 5.48. The molecule has 0 saturated carbocycles. The van der Waals surface area contributed by atoms with Crippen molar-refractivity contribution >= 4 is 5.97 Å². The lowest BCUT2D eigenvalue weighted by atomic mass is 10.0. The lowest BCUT2D eigenvalue weighted by Gasteiger charge is -2.30. The fraction of sp³-hybridized carbons (Fsp3) is 0.519. The zero-order chi connectivity index (χ0) is 22.8. The van der Waals surface area contributed by atoms with Crippen LogP contribution in [-0.4, -0.2) is 19.2 Å². The van der Waals surface area contributed by atoms with Gasteiger partial charge in [0.15, 0.2) is 6.29 Å². The molecule has 0 N–H and O–H groups in total. The van der Waals surface area contributed by atoms with Gasteiger partial charge in [0.05, 0.1) is 18.8 Å². The minimum absolute atomic E-state index is 0.158. The summed E-state index contributed by atoms with van der Waals surface area (Å²) in [6, 6.07) is 11.8. The maximum atomic E-state index is 14.7. The number of aryl methyl sites for hydroxylation is 1. The lowest BCUT2D eigenvalue weighted by Crippen LogP contribution is -2.27. The van der Waals surface area contributed by atoms with E-state index in [1.54, 1.807) is 24.3 Å². The largest absolute Gasteiger partial charge is 0.423 e. The van der Waals surface area contributed by atoms with Gasteiger partial charge < -0.3 is 14.2 Å². The summed E-state index contributed by atoms with van der Waals surface area (Å²) in [6.07, 6.45) is 8.46. The highest BCUT2D eigenvalue weighted by molar-refractivity contribution is 5.91. The second-order valence-corrected chi connectivity index (χ2v) is 8.59. The van der Waals surface area contributed by atoms with E-state index in [-0.39, 0.29) is 5.56 Å². The van der Waals surface area contributed by atoms with E-state index in [0.717, 1.165) is 25.7 Å². The monoisotopic (exact) mass is 442 g/mol. The first-order valence-electron chi connectivity index (χ1n) is 11.9. The highest BCUT2D eigenvalue weighted by Gasteiger charge is 2.26. The lowest BCUT2D eigenvalue weighted by molar-refractivity contribution is -0.207. The van der Waals surface area contributed by atoms with Crippen molar-refractivity contribution in [2.45, 2.75) is 71.5 Å². The first kappa shape index (κ1) is 24.4. The van der Waals surface area contributed by atoms with Gasteiger partial charge in [-0.05, 0) is 49.1 Å². The van der Waals surface area contributed by atoms with E-state index in [9.17, 15) is 9.18 Å². The third-order valence-electron chi connectivity index (χ3n) is 5.88. The molecule has 3 rings (SSSR count). The normalized spacial score (nSPS) is 18.5. The van der Waals surface area contributed by atoms with Crippen LogP contribution in [0.4, 0.5) is 4.39 Å². The minimum Gasteiger partial charge on any atom is -0.423 e. The van der Waals surface area contributed by atoms with Crippen LogP contribution < -0.4 is 4.74 Å². The van der Waals surface area contributed by atoms with Crippen molar-refractivity contribution in [3.05, 3.63) is 65.0 Å². The first-order chi connectivity index (χ1) is 15.6. The molecule has 0 radical (unpaired) electrons. The number of unbranched alkanes of at least 4 members (excludes halogenated alkanes) is 4. The summed E-state index contributed by atoms with van der Waals surface area (Å²) in [7, 11) is 0.